The van der Waals surface area contributed by atoms with Crippen LogP contribution >= 0.6 is 0 Å². The zero-order valence-corrected chi connectivity index (χ0v) is 7.08. The fourth-order valence-corrected chi connectivity index (χ4v) is 1.70. The van der Waals surface area contributed by atoms with Gasteiger partial charge in [-0.3, -0.25) is 0 Å². The summed E-state index contributed by atoms with van der Waals surface area (Å²) < 4.78 is 5.76. The van der Waals surface area contributed by atoms with Crippen molar-refractivity contribution in [3.63, 3.8) is 0 Å². The Morgan fingerprint density at radius 3 is 3.23 bits per heavy atom. The standard InChI is InChI=1S/C10H10N2O/c1-2-4-9-7(3-1)5-8-10(13-9)6-11-12-8/h1-5,10-12H,6H2. The highest BCUT2D eigenvalue weighted by Crippen LogP contribution is 2.28. The van der Waals surface area contributed by atoms with Gasteiger partial charge in [-0.05, 0) is 12.1 Å². The van der Waals surface area contributed by atoms with Crippen LogP contribution in [0.3, 0.4) is 0 Å². The number of hydrazine groups is 1. The van der Waals surface area contributed by atoms with E-state index in [-0.39, 0.29) is 6.10 Å². The van der Waals surface area contributed by atoms with E-state index in [1.807, 2.05) is 18.2 Å². The zero-order chi connectivity index (χ0) is 8.67. The second kappa shape index (κ2) is 2.50. The van der Waals surface area contributed by atoms with Gasteiger partial charge in [-0.1, -0.05) is 18.2 Å². The van der Waals surface area contributed by atoms with Crippen LogP contribution in [0.25, 0.3) is 6.08 Å². The Bertz CT molecular complexity index is 373. The van der Waals surface area contributed by atoms with Gasteiger partial charge in [0.2, 0.25) is 0 Å². The monoisotopic (exact) mass is 174 g/mol. The molecule has 1 atom stereocenters. The summed E-state index contributed by atoms with van der Waals surface area (Å²) in [6.07, 6.45) is 2.29. The average Bonchev–Trinajstić information content (AvgIpc) is 2.61. The molecular formula is C10H10N2O. The second-order valence-electron chi connectivity index (χ2n) is 3.25. The molecule has 0 aromatic heterocycles. The lowest BCUT2D eigenvalue weighted by atomic mass is 10.1. The Kier molecular flexibility index (Phi) is 1.34. The summed E-state index contributed by atoms with van der Waals surface area (Å²) in [4.78, 5) is 0. The average molecular weight is 174 g/mol. The maximum absolute atomic E-state index is 5.76. The molecule has 0 spiro atoms. The molecule has 0 amide bonds. The van der Waals surface area contributed by atoms with Crippen LogP contribution in [0.2, 0.25) is 0 Å². The van der Waals surface area contributed by atoms with Gasteiger partial charge in [0.1, 0.15) is 5.75 Å². The van der Waals surface area contributed by atoms with Crippen LogP contribution in [-0.2, 0) is 0 Å². The third-order valence-electron chi connectivity index (χ3n) is 2.37. The lowest BCUT2D eigenvalue weighted by Crippen LogP contribution is -2.23. The van der Waals surface area contributed by atoms with Crippen molar-refractivity contribution >= 4 is 6.08 Å². The first-order chi connectivity index (χ1) is 6.43. The van der Waals surface area contributed by atoms with Crippen LogP contribution in [0.15, 0.2) is 30.0 Å². The predicted octanol–water partition coefficient (Wildman–Crippen LogP) is 0.896. The first kappa shape index (κ1) is 6.97. The summed E-state index contributed by atoms with van der Waals surface area (Å²) in [5.74, 6) is 0.974. The van der Waals surface area contributed by atoms with Gasteiger partial charge in [-0.2, -0.15) is 0 Å². The van der Waals surface area contributed by atoms with E-state index < -0.39 is 0 Å². The summed E-state index contributed by atoms with van der Waals surface area (Å²) in [6.45, 7) is 0.833. The molecule has 66 valence electrons. The van der Waals surface area contributed by atoms with E-state index in [2.05, 4.69) is 23.0 Å². The van der Waals surface area contributed by atoms with Crippen molar-refractivity contribution in [1.82, 2.24) is 10.9 Å². The zero-order valence-electron chi connectivity index (χ0n) is 7.08. The van der Waals surface area contributed by atoms with E-state index in [4.69, 9.17) is 4.74 Å². The maximum atomic E-state index is 5.76. The lowest BCUT2D eigenvalue weighted by Gasteiger charge is -2.20. The first-order valence-corrected chi connectivity index (χ1v) is 4.40. The van der Waals surface area contributed by atoms with Crippen LogP contribution in [0.5, 0.6) is 5.75 Å². The molecule has 3 nitrogen and oxygen atoms in total. The van der Waals surface area contributed by atoms with Gasteiger partial charge < -0.3 is 10.2 Å². The van der Waals surface area contributed by atoms with Gasteiger partial charge in [0.05, 0.1) is 12.2 Å². The minimum Gasteiger partial charge on any atom is -0.482 e. The molecular weight excluding hydrogens is 164 g/mol. The number of benzene rings is 1. The molecule has 2 aliphatic heterocycles. The normalized spacial score (nSPS) is 23.7. The molecule has 3 rings (SSSR count). The van der Waals surface area contributed by atoms with Crippen molar-refractivity contribution in [2.24, 2.45) is 0 Å². The Balaban J connectivity index is 2.10. The third kappa shape index (κ3) is 1.01. The van der Waals surface area contributed by atoms with Crippen LogP contribution in [0.1, 0.15) is 5.56 Å². The van der Waals surface area contributed by atoms with E-state index in [9.17, 15) is 0 Å². The van der Waals surface area contributed by atoms with Gasteiger partial charge in [0, 0.05) is 5.56 Å². The second-order valence-corrected chi connectivity index (χ2v) is 3.25. The third-order valence-corrected chi connectivity index (χ3v) is 2.37. The van der Waals surface area contributed by atoms with E-state index in [1.165, 1.54) is 0 Å². The van der Waals surface area contributed by atoms with Gasteiger partial charge in [-0.15, -0.1) is 0 Å². The van der Waals surface area contributed by atoms with Crippen LogP contribution in [-0.4, -0.2) is 12.6 Å². The molecule has 3 heteroatoms. The maximum Gasteiger partial charge on any atom is 0.154 e. The van der Waals surface area contributed by atoms with Gasteiger partial charge >= 0.3 is 0 Å². The van der Waals surface area contributed by atoms with Crippen molar-refractivity contribution in [3.8, 4) is 5.75 Å². The first-order valence-electron chi connectivity index (χ1n) is 4.40. The van der Waals surface area contributed by atoms with Crippen LogP contribution < -0.4 is 15.6 Å². The fourth-order valence-electron chi connectivity index (χ4n) is 1.70. The van der Waals surface area contributed by atoms with Crippen LogP contribution in [0, 0.1) is 0 Å². The van der Waals surface area contributed by atoms with E-state index >= 15 is 0 Å². The molecule has 2 heterocycles. The van der Waals surface area contributed by atoms with Crippen LogP contribution in [0.4, 0.5) is 0 Å². The summed E-state index contributed by atoms with van der Waals surface area (Å²) >= 11 is 0. The summed E-state index contributed by atoms with van der Waals surface area (Å²) in [5.41, 5.74) is 8.41. The minimum absolute atomic E-state index is 0.162. The smallest absolute Gasteiger partial charge is 0.154 e. The molecule has 1 fully saturated rings. The summed E-state index contributed by atoms with van der Waals surface area (Å²) in [5, 5.41) is 0. The fraction of sp³-hybridized carbons (Fsp3) is 0.200. The molecule has 0 aliphatic carbocycles. The highest BCUT2D eigenvalue weighted by molar-refractivity contribution is 5.63. The van der Waals surface area contributed by atoms with Crippen molar-refractivity contribution in [2.45, 2.75) is 6.10 Å². The van der Waals surface area contributed by atoms with Gasteiger partial charge in [0.25, 0.3) is 0 Å². The highest BCUT2D eigenvalue weighted by Gasteiger charge is 2.26. The number of rotatable bonds is 0. The molecule has 0 bridgehead atoms. The van der Waals surface area contributed by atoms with Crippen molar-refractivity contribution < 1.29 is 4.74 Å². The van der Waals surface area contributed by atoms with Gasteiger partial charge in [0.15, 0.2) is 6.10 Å². The molecule has 1 aromatic rings. The molecule has 0 radical (unpaired) electrons. The predicted molar refractivity (Wildman–Crippen MR) is 50.0 cm³/mol. The number of nitrogens with one attached hydrogen (secondary N) is 2. The minimum atomic E-state index is 0.162. The molecule has 0 saturated carbocycles. The number of ether oxygens (including phenoxy) is 1. The van der Waals surface area contributed by atoms with Crippen molar-refractivity contribution in [3.05, 3.63) is 35.5 Å². The molecule has 2 aliphatic rings. The van der Waals surface area contributed by atoms with E-state index in [0.29, 0.717) is 0 Å². The molecule has 1 aromatic carbocycles. The molecule has 2 N–H and O–H groups in total. The Labute approximate surface area is 76.4 Å². The molecule has 1 saturated heterocycles. The Morgan fingerprint density at radius 2 is 2.23 bits per heavy atom. The highest BCUT2D eigenvalue weighted by atomic mass is 16.5. The Hall–Kier alpha value is -1.48. The number of fused-ring (bicyclic) bond motifs is 2. The van der Waals surface area contributed by atoms with Gasteiger partial charge in [-0.25, -0.2) is 5.43 Å². The van der Waals surface area contributed by atoms with Crippen molar-refractivity contribution in [1.29, 1.82) is 0 Å². The number of hydrogen-bond donors (Lipinski definition) is 2. The van der Waals surface area contributed by atoms with E-state index in [1.54, 1.807) is 0 Å². The lowest BCUT2D eigenvalue weighted by molar-refractivity contribution is 0.251. The topological polar surface area (TPSA) is 33.3 Å². The number of para-hydroxylation sites is 1. The Morgan fingerprint density at radius 1 is 1.31 bits per heavy atom. The summed E-state index contributed by atoms with van der Waals surface area (Å²) in [6, 6.07) is 8.06. The molecule has 1 unspecified atom stereocenters. The van der Waals surface area contributed by atoms with E-state index in [0.717, 1.165) is 23.6 Å². The van der Waals surface area contributed by atoms with Crippen molar-refractivity contribution in [2.75, 3.05) is 6.54 Å². The SMILES string of the molecule is C1=C2NNCC2Oc2ccccc21. The summed E-state index contributed by atoms with van der Waals surface area (Å²) in [7, 11) is 0. The quantitative estimate of drug-likeness (QED) is 0.613. The number of hydrogen-bond acceptors (Lipinski definition) is 3. The molecule has 13 heavy (non-hydrogen) atoms. The largest absolute Gasteiger partial charge is 0.482 e.